The Morgan fingerprint density at radius 3 is 2.53 bits per heavy atom. The van der Waals surface area contributed by atoms with Gasteiger partial charge in [0.1, 0.15) is 5.75 Å². The van der Waals surface area contributed by atoms with Crippen molar-refractivity contribution < 1.29 is 28.3 Å². The maximum atomic E-state index is 13.1. The molecule has 34 heavy (non-hydrogen) atoms. The predicted octanol–water partition coefficient (Wildman–Crippen LogP) is 4.28. The van der Waals surface area contributed by atoms with Gasteiger partial charge in [-0.2, -0.15) is 0 Å². The number of ether oxygens (including phenoxy) is 1. The van der Waals surface area contributed by atoms with Crippen molar-refractivity contribution in [1.82, 2.24) is 4.72 Å². The van der Waals surface area contributed by atoms with Gasteiger partial charge in [-0.25, -0.2) is 17.9 Å². The molecule has 0 saturated carbocycles. The Morgan fingerprint density at radius 2 is 1.82 bits per heavy atom. The standard InChI is InChI=1S/C25H26N2O6S/c1-16-8-9-18(14-23(16)26-30)17-10-12-19(13-11-17)34(31,32)27-22-6-2-5-21-20(22)4-3-7-24(21)33-15-25(28)29/h3-4,7-14,22,26-27,30H,2,5-6,15H2,1H3,(H,28,29)/t22-/m1/s1. The largest absolute Gasteiger partial charge is 0.482 e. The maximum absolute atomic E-state index is 13.1. The van der Waals surface area contributed by atoms with Crippen LogP contribution in [0.3, 0.4) is 0 Å². The Bertz CT molecular complexity index is 1310. The van der Waals surface area contributed by atoms with Gasteiger partial charge >= 0.3 is 5.97 Å². The van der Waals surface area contributed by atoms with Crippen molar-refractivity contribution in [1.29, 1.82) is 0 Å². The van der Waals surface area contributed by atoms with Gasteiger partial charge in [-0.1, -0.05) is 36.4 Å². The van der Waals surface area contributed by atoms with Gasteiger partial charge in [0, 0.05) is 6.04 Å². The molecule has 3 aromatic carbocycles. The fourth-order valence-electron chi connectivity index (χ4n) is 4.22. The first-order valence-corrected chi connectivity index (χ1v) is 12.4. The Kier molecular flexibility index (Phi) is 6.87. The normalized spacial score (nSPS) is 15.4. The van der Waals surface area contributed by atoms with Crippen LogP contribution in [-0.4, -0.2) is 31.3 Å². The zero-order valence-electron chi connectivity index (χ0n) is 18.6. The lowest BCUT2D eigenvalue weighted by Crippen LogP contribution is -2.31. The second-order valence-corrected chi connectivity index (χ2v) is 9.95. The van der Waals surface area contributed by atoms with Crippen molar-refractivity contribution >= 4 is 21.7 Å². The maximum Gasteiger partial charge on any atom is 0.341 e. The molecule has 0 radical (unpaired) electrons. The van der Waals surface area contributed by atoms with Crippen LogP contribution in [0.15, 0.2) is 65.6 Å². The van der Waals surface area contributed by atoms with Crippen LogP contribution in [0.5, 0.6) is 5.75 Å². The number of anilines is 1. The molecule has 0 unspecified atom stereocenters. The van der Waals surface area contributed by atoms with E-state index in [0.29, 0.717) is 24.3 Å². The van der Waals surface area contributed by atoms with E-state index < -0.39 is 28.6 Å². The monoisotopic (exact) mass is 482 g/mol. The minimum absolute atomic E-state index is 0.147. The van der Waals surface area contributed by atoms with Gasteiger partial charge in [-0.15, -0.1) is 0 Å². The third-order valence-electron chi connectivity index (χ3n) is 5.97. The summed E-state index contributed by atoms with van der Waals surface area (Å²) >= 11 is 0. The van der Waals surface area contributed by atoms with E-state index >= 15 is 0 Å². The number of benzene rings is 3. The van der Waals surface area contributed by atoms with Crippen LogP contribution in [0.1, 0.15) is 35.6 Å². The van der Waals surface area contributed by atoms with Crippen LogP contribution in [0, 0.1) is 6.92 Å². The Morgan fingerprint density at radius 1 is 1.09 bits per heavy atom. The minimum atomic E-state index is -3.80. The second kappa shape index (κ2) is 9.84. The lowest BCUT2D eigenvalue weighted by Gasteiger charge is -2.27. The molecule has 178 valence electrons. The van der Waals surface area contributed by atoms with E-state index in [-0.39, 0.29) is 4.90 Å². The molecule has 0 aromatic heterocycles. The number of aliphatic carboxylic acids is 1. The van der Waals surface area contributed by atoms with Crippen molar-refractivity contribution in [3.63, 3.8) is 0 Å². The fraction of sp³-hybridized carbons (Fsp3) is 0.240. The molecule has 0 heterocycles. The van der Waals surface area contributed by atoms with Crippen molar-refractivity contribution in [3.8, 4) is 16.9 Å². The van der Waals surface area contributed by atoms with Gasteiger partial charge in [-0.05, 0) is 78.3 Å². The first-order chi connectivity index (χ1) is 16.3. The summed E-state index contributed by atoms with van der Waals surface area (Å²) in [6, 6.07) is 17.0. The summed E-state index contributed by atoms with van der Waals surface area (Å²) in [4.78, 5) is 11.0. The number of sulfonamides is 1. The average molecular weight is 483 g/mol. The summed E-state index contributed by atoms with van der Waals surface area (Å²) < 4.78 is 34.5. The highest BCUT2D eigenvalue weighted by molar-refractivity contribution is 7.89. The molecule has 0 aliphatic heterocycles. The smallest absolute Gasteiger partial charge is 0.341 e. The van der Waals surface area contributed by atoms with Crippen molar-refractivity contribution in [2.24, 2.45) is 0 Å². The van der Waals surface area contributed by atoms with Crippen LogP contribution in [0.2, 0.25) is 0 Å². The number of fused-ring (bicyclic) bond motifs is 1. The summed E-state index contributed by atoms with van der Waals surface area (Å²) in [5.41, 5.74) is 6.94. The molecule has 9 heteroatoms. The zero-order valence-corrected chi connectivity index (χ0v) is 19.4. The van der Waals surface area contributed by atoms with E-state index in [1.807, 2.05) is 25.1 Å². The number of carboxylic acids is 1. The summed E-state index contributed by atoms with van der Waals surface area (Å²) in [7, 11) is -3.80. The highest BCUT2D eigenvalue weighted by Crippen LogP contribution is 2.36. The minimum Gasteiger partial charge on any atom is -0.482 e. The SMILES string of the molecule is Cc1ccc(-c2ccc(S(=O)(=O)N[C@@H]3CCCc4c(OCC(=O)O)cccc43)cc2)cc1NO. The zero-order chi connectivity index (χ0) is 24.3. The van der Waals surface area contributed by atoms with E-state index in [4.69, 9.17) is 9.84 Å². The third kappa shape index (κ3) is 5.06. The second-order valence-electron chi connectivity index (χ2n) is 8.24. The average Bonchev–Trinajstić information content (AvgIpc) is 2.83. The Labute approximate surface area is 198 Å². The molecule has 0 amide bonds. The number of hydrogen-bond donors (Lipinski definition) is 4. The number of carboxylic acid groups (broad SMARTS) is 1. The molecule has 0 spiro atoms. The molecule has 4 N–H and O–H groups in total. The van der Waals surface area contributed by atoms with Gasteiger partial charge < -0.3 is 9.84 Å². The summed E-state index contributed by atoms with van der Waals surface area (Å²) in [5, 5.41) is 18.2. The molecule has 1 aliphatic rings. The van der Waals surface area contributed by atoms with E-state index in [0.717, 1.165) is 34.2 Å². The molecule has 0 bridgehead atoms. The summed E-state index contributed by atoms with van der Waals surface area (Å²) in [6.07, 6.45) is 2.08. The van der Waals surface area contributed by atoms with Crippen LogP contribution in [-0.2, 0) is 21.2 Å². The molecule has 4 rings (SSSR count). The Hall–Kier alpha value is -3.40. The van der Waals surface area contributed by atoms with Gasteiger partial charge in [0.25, 0.3) is 0 Å². The number of rotatable bonds is 8. The van der Waals surface area contributed by atoms with E-state index in [1.54, 1.807) is 42.5 Å². The van der Waals surface area contributed by atoms with Crippen LogP contribution in [0.4, 0.5) is 5.69 Å². The third-order valence-corrected chi connectivity index (χ3v) is 7.46. The molecular weight excluding hydrogens is 456 g/mol. The number of carbonyl (C=O) groups is 1. The van der Waals surface area contributed by atoms with E-state index in [2.05, 4.69) is 10.2 Å². The molecule has 0 saturated heterocycles. The number of nitrogens with one attached hydrogen (secondary N) is 2. The fourth-order valence-corrected chi connectivity index (χ4v) is 5.47. The summed E-state index contributed by atoms with van der Waals surface area (Å²) in [5.74, 6) is -0.591. The molecule has 1 atom stereocenters. The summed E-state index contributed by atoms with van der Waals surface area (Å²) in [6.45, 7) is 1.42. The number of aryl methyl sites for hydroxylation is 1. The van der Waals surface area contributed by atoms with Gasteiger partial charge in [0.15, 0.2) is 6.61 Å². The van der Waals surface area contributed by atoms with Gasteiger partial charge in [-0.3, -0.25) is 10.7 Å². The Balaban J connectivity index is 1.55. The first kappa shape index (κ1) is 23.7. The van der Waals surface area contributed by atoms with Crippen molar-refractivity contribution in [3.05, 3.63) is 77.4 Å². The number of hydrogen-bond acceptors (Lipinski definition) is 6. The topological polar surface area (TPSA) is 125 Å². The lowest BCUT2D eigenvalue weighted by atomic mass is 9.87. The molecular formula is C25H26N2O6S. The van der Waals surface area contributed by atoms with Crippen LogP contribution >= 0.6 is 0 Å². The van der Waals surface area contributed by atoms with E-state index in [9.17, 15) is 18.4 Å². The van der Waals surface area contributed by atoms with E-state index in [1.165, 1.54) is 0 Å². The first-order valence-electron chi connectivity index (χ1n) is 10.9. The highest BCUT2D eigenvalue weighted by Gasteiger charge is 2.27. The highest BCUT2D eigenvalue weighted by atomic mass is 32.2. The quantitative estimate of drug-likeness (QED) is 0.353. The van der Waals surface area contributed by atoms with Crippen LogP contribution in [0.25, 0.3) is 11.1 Å². The molecule has 3 aromatic rings. The van der Waals surface area contributed by atoms with Crippen molar-refractivity contribution in [2.75, 3.05) is 12.1 Å². The predicted molar refractivity (Wildman–Crippen MR) is 128 cm³/mol. The lowest BCUT2D eigenvalue weighted by molar-refractivity contribution is -0.139. The van der Waals surface area contributed by atoms with Crippen LogP contribution < -0.4 is 14.9 Å². The van der Waals surface area contributed by atoms with Gasteiger partial charge in [0.2, 0.25) is 10.0 Å². The molecule has 0 fully saturated rings. The molecule has 8 nitrogen and oxygen atoms in total. The van der Waals surface area contributed by atoms with Crippen molar-refractivity contribution in [2.45, 2.75) is 37.1 Å². The molecule has 1 aliphatic carbocycles. The van der Waals surface area contributed by atoms with Gasteiger partial charge in [0.05, 0.1) is 10.6 Å².